The van der Waals surface area contributed by atoms with Gasteiger partial charge in [0.25, 0.3) is 0 Å². The number of halogens is 3. The molecule has 146 valence electrons. The van der Waals surface area contributed by atoms with Crippen molar-refractivity contribution in [1.82, 2.24) is 0 Å². The van der Waals surface area contributed by atoms with Gasteiger partial charge >= 0.3 is 5.76 Å². The number of sulfone groups is 1. The van der Waals surface area contributed by atoms with Gasteiger partial charge in [-0.3, -0.25) is 4.79 Å². The van der Waals surface area contributed by atoms with Gasteiger partial charge in [-0.05, 0) is 49.2 Å². The van der Waals surface area contributed by atoms with E-state index in [1.807, 2.05) is 6.92 Å². The fourth-order valence-electron chi connectivity index (χ4n) is 2.32. The summed E-state index contributed by atoms with van der Waals surface area (Å²) >= 11 is 5.86. The Morgan fingerprint density at radius 1 is 1.22 bits per heavy atom. The van der Waals surface area contributed by atoms with Crippen molar-refractivity contribution in [3.8, 4) is 5.75 Å². The Labute approximate surface area is 161 Å². The maximum Gasteiger partial charge on any atom is 0.341 e. The summed E-state index contributed by atoms with van der Waals surface area (Å²) in [5.41, 5.74) is 0.690. The van der Waals surface area contributed by atoms with Crippen molar-refractivity contribution >= 4 is 33.0 Å². The first-order chi connectivity index (χ1) is 12.7. The zero-order valence-electron chi connectivity index (χ0n) is 14.4. The summed E-state index contributed by atoms with van der Waals surface area (Å²) in [7, 11) is -4.81. The van der Waals surface area contributed by atoms with Crippen molar-refractivity contribution < 1.29 is 26.7 Å². The van der Waals surface area contributed by atoms with Crippen LogP contribution >= 0.6 is 11.6 Å². The number of aryl methyl sites for hydroxylation is 1. The fourth-order valence-corrected chi connectivity index (χ4v) is 3.43. The average molecular weight is 418 g/mol. The molecule has 2 aromatic carbocycles. The number of para-hydroxylation sites is 1. The molecule has 0 heterocycles. The van der Waals surface area contributed by atoms with Gasteiger partial charge in [0.2, 0.25) is 15.7 Å². The maximum atomic E-state index is 12.8. The van der Waals surface area contributed by atoms with Crippen LogP contribution in [0.3, 0.4) is 0 Å². The van der Waals surface area contributed by atoms with Gasteiger partial charge in [-0.15, -0.1) is 0 Å². The van der Waals surface area contributed by atoms with Gasteiger partial charge in [0.15, 0.2) is 0 Å². The van der Waals surface area contributed by atoms with Gasteiger partial charge in [-0.25, -0.2) is 8.42 Å². The van der Waals surface area contributed by atoms with Crippen LogP contribution in [0.1, 0.15) is 18.4 Å². The Kier molecular flexibility index (Phi) is 7.15. The lowest BCUT2D eigenvalue weighted by atomic mass is 10.2. The molecule has 0 unspecified atom stereocenters. The molecule has 0 aliphatic heterocycles. The van der Waals surface area contributed by atoms with Crippen LogP contribution in [0.25, 0.3) is 0 Å². The number of anilines is 1. The first-order valence-electron chi connectivity index (χ1n) is 8.01. The van der Waals surface area contributed by atoms with E-state index in [4.69, 9.17) is 16.3 Å². The highest BCUT2D eigenvalue weighted by Crippen LogP contribution is 2.26. The van der Waals surface area contributed by atoms with Crippen LogP contribution in [0.2, 0.25) is 5.02 Å². The molecule has 1 amide bonds. The Bertz CT molecular complexity index is 919. The normalized spacial score (nSPS) is 11.4. The summed E-state index contributed by atoms with van der Waals surface area (Å²) < 4.78 is 54.4. The minimum absolute atomic E-state index is 0.0374. The zero-order chi connectivity index (χ0) is 20.0. The van der Waals surface area contributed by atoms with Gasteiger partial charge in [0, 0.05) is 11.4 Å². The second kappa shape index (κ2) is 9.14. The molecule has 27 heavy (non-hydrogen) atoms. The third-order valence-corrected chi connectivity index (χ3v) is 5.32. The third kappa shape index (κ3) is 5.64. The Balaban J connectivity index is 1.91. The number of nitrogens with one attached hydrogen (secondary N) is 1. The van der Waals surface area contributed by atoms with Crippen molar-refractivity contribution in [2.24, 2.45) is 0 Å². The van der Waals surface area contributed by atoms with Gasteiger partial charge in [0.1, 0.15) is 5.75 Å². The standard InChI is InChI=1S/C18H18ClF2NO4S/c1-12-11-13(19)8-9-15(12)26-10-4-7-17(23)22-14-5-2-3-6-16(14)27(24,25)18(20)21/h2-3,5-6,8-9,11,18H,4,7,10H2,1H3,(H,22,23). The predicted molar refractivity (Wildman–Crippen MR) is 99.2 cm³/mol. The lowest BCUT2D eigenvalue weighted by Gasteiger charge is -2.12. The van der Waals surface area contributed by atoms with Crippen molar-refractivity contribution in [3.63, 3.8) is 0 Å². The molecule has 9 heteroatoms. The van der Waals surface area contributed by atoms with E-state index in [-0.39, 0.29) is 18.7 Å². The Hall–Kier alpha value is -2.19. The minimum Gasteiger partial charge on any atom is -0.493 e. The first-order valence-corrected chi connectivity index (χ1v) is 9.94. The number of carbonyl (C=O) groups is 1. The van der Waals surface area contributed by atoms with Crippen LogP contribution in [0, 0.1) is 6.92 Å². The second-order valence-electron chi connectivity index (χ2n) is 5.71. The van der Waals surface area contributed by atoms with E-state index in [0.717, 1.165) is 11.6 Å². The van der Waals surface area contributed by atoms with E-state index in [9.17, 15) is 22.0 Å². The quantitative estimate of drug-likeness (QED) is 0.644. The average Bonchev–Trinajstić information content (AvgIpc) is 2.60. The molecule has 0 aliphatic rings. The lowest BCUT2D eigenvalue weighted by Crippen LogP contribution is -2.18. The minimum atomic E-state index is -4.81. The van der Waals surface area contributed by atoms with E-state index < -0.39 is 26.4 Å². The SMILES string of the molecule is Cc1cc(Cl)ccc1OCCCC(=O)Nc1ccccc1S(=O)(=O)C(F)F. The molecule has 1 N–H and O–H groups in total. The van der Waals surface area contributed by atoms with Crippen LogP contribution in [-0.4, -0.2) is 26.7 Å². The molecule has 0 atom stereocenters. The molecule has 2 rings (SSSR count). The van der Waals surface area contributed by atoms with Crippen LogP contribution in [0.4, 0.5) is 14.5 Å². The van der Waals surface area contributed by atoms with Crippen LogP contribution < -0.4 is 10.1 Å². The van der Waals surface area contributed by atoms with E-state index >= 15 is 0 Å². The molecule has 5 nitrogen and oxygen atoms in total. The predicted octanol–water partition coefficient (Wildman–Crippen LogP) is 4.44. The van der Waals surface area contributed by atoms with Crippen molar-refractivity contribution in [2.75, 3.05) is 11.9 Å². The van der Waals surface area contributed by atoms with Gasteiger partial charge < -0.3 is 10.1 Å². The van der Waals surface area contributed by atoms with Crippen molar-refractivity contribution in [3.05, 3.63) is 53.1 Å². The van der Waals surface area contributed by atoms with Crippen molar-refractivity contribution in [2.45, 2.75) is 30.4 Å². The number of hydrogen-bond donors (Lipinski definition) is 1. The highest BCUT2D eigenvalue weighted by Gasteiger charge is 2.29. The first kappa shape index (κ1) is 21.1. The number of alkyl halides is 2. The second-order valence-corrected chi connectivity index (χ2v) is 8.03. The number of rotatable bonds is 8. The van der Waals surface area contributed by atoms with E-state index in [2.05, 4.69) is 5.32 Å². The number of ether oxygens (including phenoxy) is 1. The monoisotopic (exact) mass is 417 g/mol. The van der Waals surface area contributed by atoms with E-state index in [1.54, 1.807) is 18.2 Å². The maximum absolute atomic E-state index is 12.8. The van der Waals surface area contributed by atoms with E-state index in [0.29, 0.717) is 17.2 Å². The topological polar surface area (TPSA) is 72.5 Å². The molecule has 0 aromatic heterocycles. The molecular weight excluding hydrogens is 400 g/mol. The number of carbonyl (C=O) groups excluding carboxylic acids is 1. The van der Waals surface area contributed by atoms with E-state index in [1.165, 1.54) is 18.2 Å². The van der Waals surface area contributed by atoms with Crippen molar-refractivity contribution in [1.29, 1.82) is 0 Å². The smallest absolute Gasteiger partial charge is 0.341 e. The molecule has 0 aliphatic carbocycles. The van der Waals surface area contributed by atoms with Gasteiger partial charge in [0.05, 0.1) is 17.2 Å². The highest BCUT2D eigenvalue weighted by molar-refractivity contribution is 7.91. The molecule has 0 saturated heterocycles. The zero-order valence-corrected chi connectivity index (χ0v) is 16.0. The summed E-state index contributed by atoms with van der Waals surface area (Å²) in [5, 5.41) is 2.96. The lowest BCUT2D eigenvalue weighted by molar-refractivity contribution is -0.116. The van der Waals surface area contributed by atoms with Crippen LogP contribution in [0.15, 0.2) is 47.4 Å². The number of amides is 1. The molecular formula is C18H18ClF2NO4S. The summed E-state index contributed by atoms with van der Waals surface area (Å²) in [5.74, 6) is -3.41. The largest absolute Gasteiger partial charge is 0.493 e. The van der Waals surface area contributed by atoms with Gasteiger partial charge in [-0.1, -0.05) is 23.7 Å². The molecule has 0 fully saturated rings. The Morgan fingerprint density at radius 2 is 1.93 bits per heavy atom. The molecule has 0 spiro atoms. The third-order valence-electron chi connectivity index (χ3n) is 3.64. The summed E-state index contributed by atoms with van der Waals surface area (Å²) in [4.78, 5) is 11.4. The summed E-state index contributed by atoms with van der Waals surface area (Å²) in [6.45, 7) is 2.10. The van der Waals surface area contributed by atoms with Crippen LogP contribution in [-0.2, 0) is 14.6 Å². The molecule has 2 aromatic rings. The molecule has 0 saturated carbocycles. The summed E-state index contributed by atoms with van der Waals surface area (Å²) in [6.07, 6.45) is 0.396. The van der Waals surface area contributed by atoms with Gasteiger partial charge in [-0.2, -0.15) is 8.78 Å². The Morgan fingerprint density at radius 3 is 2.59 bits per heavy atom. The molecule has 0 bridgehead atoms. The highest BCUT2D eigenvalue weighted by atomic mass is 35.5. The number of hydrogen-bond acceptors (Lipinski definition) is 4. The molecule has 0 radical (unpaired) electrons. The summed E-state index contributed by atoms with van der Waals surface area (Å²) in [6, 6.07) is 10.2. The van der Waals surface area contributed by atoms with Crippen LogP contribution in [0.5, 0.6) is 5.75 Å². The number of benzene rings is 2. The fraction of sp³-hybridized carbons (Fsp3) is 0.278.